The molecule has 1 saturated heterocycles. The largest absolute Gasteiger partial charge is 0.348 e. The van der Waals surface area contributed by atoms with Crippen molar-refractivity contribution in [2.75, 3.05) is 4.90 Å². The Labute approximate surface area is 191 Å². The lowest BCUT2D eigenvalue weighted by Crippen LogP contribution is -2.35. The first-order valence-electron chi connectivity index (χ1n) is 11.2. The van der Waals surface area contributed by atoms with Gasteiger partial charge in [-0.25, -0.2) is 0 Å². The summed E-state index contributed by atoms with van der Waals surface area (Å²) < 4.78 is 2.14. The molecule has 2 aromatic heterocycles. The number of benzene rings is 1. The molecule has 0 radical (unpaired) electrons. The van der Waals surface area contributed by atoms with Crippen LogP contribution >= 0.6 is 11.3 Å². The highest BCUT2D eigenvalue weighted by Crippen LogP contribution is 2.43. The fraction of sp³-hybridized carbons (Fsp3) is 0.417. The molecule has 1 aromatic carbocycles. The smallest absolute Gasteiger partial charge is 0.228 e. The number of hydrogen-bond donors (Lipinski definition) is 1. The quantitative estimate of drug-likeness (QED) is 0.643. The fourth-order valence-electron chi connectivity index (χ4n) is 4.74. The van der Waals surface area contributed by atoms with Gasteiger partial charge >= 0.3 is 0 Å². The number of nitrogens with zero attached hydrogens (tertiary/aromatic N) is 4. The second-order valence-electron chi connectivity index (χ2n) is 8.58. The standard InChI is InChI=1S/C24H27N5O2S/c1-16-8-10-17(11-9-16)29-22(30)14-18(23(29)19-6-5-13-32-19)24(31)25-15-21-27-26-20-7-3-2-4-12-28(20)21/h5-6,8-11,13,18,23H,2-4,7,12,14-15H2,1H3,(H,25,31). The van der Waals surface area contributed by atoms with E-state index in [0.29, 0.717) is 6.54 Å². The maximum absolute atomic E-state index is 13.3. The van der Waals surface area contributed by atoms with E-state index in [-0.39, 0.29) is 24.3 Å². The van der Waals surface area contributed by atoms with E-state index in [1.165, 1.54) is 6.42 Å². The minimum absolute atomic E-state index is 0.0243. The molecule has 2 amide bonds. The highest BCUT2D eigenvalue weighted by molar-refractivity contribution is 7.10. The van der Waals surface area contributed by atoms with E-state index in [1.807, 2.05) is 48.7 Å². The van der Waals surface area contributed by atoms with Crippen LogP contribution in [0, 0.1) is 12.8 Å². The number of fused-ring (bicyclic) bond motifs is 1. The summed E-state index contributed by atoms with van der Waals surface area (Å²) >= 11 is 1.58. The first-order chi connectivity index (χ1) is 15.6. The van der Waals surface area contributed by atoms with Gasteiger partial charge in [0.1, 0.15) is 5.82 Å². The monoisotopic (exact) mass is 449 g/mol. The van der Waals surface area contributed by atoms with Crippen LogP contribution in [-0.2, 0) is 29.1 Å². The van der Waals surface area contributed by atoms with Crippen LogP contribution in [-0.4, -0.2) is 26.6 Å². The predicted molar refractivity (Wildman–Crippen MR) is 123 cm³/mol. The van der Waals surface area contributed by atoms with Crippen molar-refractivity contribution in [1.29, 1.82) is 0 Å². The molecule has 5 rings (SSSR count). The van der Waals surface area contributed by atoms with Gasteiger partial charge in [-0.3, -0.25) is 9.59 Å². The van der Waals surface area contributed by atoms with Gasteiger partial charge in [0.05, 0.1) is 18.5 Å². The Morgan fingerprint density at radius 3 is 2.78 bits per heavy atom. The fourth-order valence-corrected chi connectivity index (χ4v) is 5.62. The van der Waals surface area contributed by atoms with Gasteiger partial charge in [-0.2, -0.15) is 0 Å². The summed E-state index contributed by atoms with van der Waals surface area (Å²) in [4.78, 5) is 29.2. The summed E-state index contributed by atoms with van der Waals surface area (Å²) in [6, 6.07) is 11.6. The van der Waals surface area contributed by atoms with Crippen LogP contribution in [0.15, 0.2) is 41.8 Å². The van der Waals surface area contributed by atoms with E-state index >= 15 is 0 Å². The molecule has 32 heavy (non-hydrogen) atoms. The van der Waals surface area contributed by atoms with Gasteiger partial charge in [0.25, 0.3) is 0 Å². The topological polar surface area (TPSA) is 80.1 Å². The number of carbonyl (C=O) groups is 2. The molecule has 2 atom stereocenters. The Hall–Kier alpha value is -3.00. The van der Waals surface area contributed by atoms with Gasteiger partial charge in [-0.05, 0) is 43.3 Å². The van der Waals surface area contributed by atoms with Gasteiger partial charge in [-0.15, -0.1) is 21.5 Å². The third-order valence-corrected chi connectivity index (χ3v) is 7.36. The Morgan fingerprint density at radius 2 is 2.00 bits per heavy atom. The average molecular weight is 450 g/mol. The van der Waals surface area contributed by atoms with Gasteiger partial charge in [-0.1, -0.05) is 30.2 Å². The number of anilines is 1. The molecule has 166 valence electrons. The summed E-state index contributed by atoms with van der Waals surface area (Å²) in [6.45, 7) is 3.25. The van der Waals surface area contributed by atoms with Crippen molar-refractivity contribution in [2.45, 2.75) is 58.2 Å². The van der Waals surface area contributed by atoms with Crippen LogP contribution in [0.25, 0.3) is 0 Å². The number of aromatic nitrogens is 3. The van der Waals surface area contributed by atoms with Crippen molar-refractivity contribution < 1.29 is 9.59 Å². The zero-order valence-electron chi connectivity index (χ0n) is 18.2. The number of nitrogens with one attached hydrogen (secondary N) is 1. The van der Waals surface area contributed by atoms with Crippen LogP contribution < -0.4 is 10.2 Å². The second-order valence-corrected chi connectivity index (χ2v) is 9.56. The molecule has 7 nitrogen and oxygen atoms in total. The predicted octanol–water partition coefficient (Wildman–Crippen LogP) is 3.79. The molecule has 2 aliphatic heterocycles. The molecule has 0 spiro atoms. The third-order valence-electron chi connectivity index (χ3n) is 6.41. The zero-order chi connectivity index (χ0) is 22.1. The summed E-state index contributed by atoms with van der Waals surface area (Å²) in [5.74, 6) is 1.21. The Morgan fingerprint density at radius 1 is 1.16 bits per heavy atom. The van der Waals surface area contributed by atoms with Gasteiger partial charge in [0.2, 0.25) is 11.8 Å². The minimum atomic E-state index is -0.450. The lowest BCUT2D eigenvalue weighted by Gasteiger charge is -2.27. The van der Waals surface area contributed by atoms with Gasteiger partial charge in [0.15, 0.2) is 5.82 Å². The molecule has 0 aliphatic carbocycles. The molecule has 2 aliphatic rings. The zero-order valence-corrected chi connectivity index (χ0v) is 19.0. The lowest BCUT2D eigenvalue weighted by molar-refractivity contribution is -0.127. The summed E-state index contributed by atoms with van der Waals surface area (Å²) in [7, 11) is 0. The van der Waals surface area contributed by atoms with E-state index < -0.39 is 5.92 Å². The van der Waals surface area contributed by atoms with Crippen LogP contribution in [0.1, 0.15) is 53.8 Å². The molecule has 1 fully saturated rings. The van der Waals surface area contributed by atoms with Gasteiger partial charge in [0, 0.05) is 30.0 Å². The van der Waals surface area contributed by atoms with Crippen molar-refractivity contribution in [1.82, 2.24) is 20.1 Å². The third kappa shape index (κ3) is 3.95. The number of aryl methyl sites for hydroxylation is 2. The number of hydrogen-bond acceptors (Lipinski definition) is 5. The van der Waals surface area contributed by atoms with Crippen molar-refractivity contribution in [3.8, 4) is 0 Å². The molecular formula is C24H27N5O2S. The normalized spacial score (nSPS) is 20.8. The number of carbonyl (C=O) groups excluding carboxylic acids is 2. The first kappa shape index (κ1) is 20.9. The summed E-state index contributed by atoms with van der Waals surface area (Å²) in [5, 5.41) is 13.7. The van der Waals surface area contributed by atoms with Crippen LogP contribution in [0.2, 0.25) is 0 Å². The Kier molecular flexibility index (Phi) is 5.78. The SMILES string of the molecule is Cc1ccc(N2C(=O)CC(C(=O)NCc3nnc4n3CCCCC4)C2c2cccs2)cc1. The van der Waals surface area contributed by atoms with Crippen molar-refractivity contribution in [3.05, 3.63) is 63.9 Å². The molecule has 2 unspecified atom stereocenters. The molecule has 1 N–H and O–H groups in total. The van der Waals surface area contributed by atoms with Crippen LogP contribution in [0.5, 0.6) is 0 Å². The van der Waals surface area contributed by atoms with Crippen molar-refractivity contribution >= 4 is 28.8 Å². The Bertz CT molecular complexity index is 1110. The van der Waals surface area contributed by atoms with E-state index in [2.05, 4.69) is 20.1 Å². The van der Waals surface area contributed by atoms with E-state index in [4.69, 9.17) is 0 Å². The molecule has 0 bridgehead atoms. The summed E-state index contributed by atoms with van der Waals surface area (Å²) in [6.07, 6.45) is 4.56. The molecule has 3 aromatic rings. The molecule has 0 saturated carbocycles. The van der Waals surface area contributed by atoms with Gasteiger partial charge < -0.3 is 14.8 Å². The minimum Gasteiger partial charge on any atom is -0.348 e. The number of amides is 2. The van der Waals surface area contributed by atoms with Crippen molar-refractivity contribution in [2.24, 2.45) is 5.92 Å². The number of rotatable bonds is 5. The van der Waals surface area contributed by atoms with Crippen LogP contribution in [0.3, 0.4) is 0 Å². The number of thiophene rings is 1. The highest BCUT2D eigenvalue weighted by atomic mass is 32.1. The molecular weight excluding hydrogens is 422 g/mol. The van der Waals surface area contributed by atoms with E-state index in [9.17, 15) is 9.59 Å². The second kappa shape index (κ2) is 8.86. The maximum Gasteiger partial charge on any atom is 0.228 e. The first-order valence-corrected chi connectivity index (χ1v) is 12.1. The lowest BCUT2D eigenvalue weighted by atomic mass is 9.97. The van der Waals surface area contributed by atoms with Crippen LogP contribution in [0.4, 0.5) is 5.69 Å². The van der Waals surface area contributed by atoms with E-state index in [0.717, 1.165) is 53.6 Å². The molecule has 4 heterocycles. The van der Waals surface area contributed by atoms with Crippen molar-refractivity contribution in [3.63, 3.8) is 0 Å². The Balaban J connectivity index is 1.37. The summed E-state index contributed by atoms with van der Waals surface area (Å²) in [5.41, 5.74) is 1.96. The average Bonchev–Trinajstić information content (AvgIpc) is 3.49. The highest BCUT2D eigenvalue weighted by Gasteiger charge is 2.45. The molecule has 8 heteroatoms. The van der Waals surface area contributed by atoms with E-state index in [1.54, 1.807) is 16.2 Å². The maximum atomic E-state index is 13.3.